The molecule has 0 N–H and O–H groups in total. The van der Waals surface area contributed by atoms with Crippen molar-refractivity contribution in [1.82, 2.24) is 9.80 Å². The van der Waals surface area contributed by atoms with Gasteiger partial charge in [-0.15, -0.1) is 0 Å². The third-order valence-corrected chi connectivity index (χ3v) is 2.52. The number of carbonyl (C=O) groups is 2. The van der Waals surface area contributed by atoms with Crippen molar-refractivity contribution in [2.45, 2.75) is 19.8 Å². The average molecular weight is 209 g/mol. The standard InChI is InChI=1S/C10H15N3O2/c1-9(14)12-5-2-6-13(8-7-12)10(15)3-4-11/h2-3,5-8H2,1H3. The Bertz CT molecular complexity index is 296. The van der Waals surface area contributed by atoms with E-state index in [2.05, 4.69) is 0 Å². The first kappa shape index (κ1) is 11.5. The molecule has 1 aliphatic heterocycles. The monoisotopic (exact) mass is 209 g/mol. The molecule has 15 heavy (non-hydrogen) atoms. The van der Waals surface area contributed by atoms with E-state index in [4.69, 9.17) is 5.26 Å². The van der Waals surface area contributed by atoms with Gasteiger partial charge in [-0.3, -0.25) is 9.59 Å². The summed E-state index contributed by atoms with van der Waals surface area (Å²) in [7, 11) is 0. The summed E-state index contributed by atoms with van der Waals surface area (Å²) in [5.41, 5.74) is 0. The van der Waals surface area contributed by atoms with E-state index in [-0.39, 0.29) is 18.2 Å². The number of amides is 2. The van der Waals surface area contributed by atoms with Gasteiger partial charge in [-0.2, -0.15) is 5.26 Å². The third-order valence-electron chi connectivity index (χ3n) is 2.52. The zero-order valence-corrected chi connectivity index (χ0v) is 8.90. The SMILES string of the molecule is CC(=O)N1CCCN(C(=O)CC#N)CC1. The van der Waals surface area contributed by atoms with Crippen LogP contribution in [0, 0.1) is 11.3 Å². The minimum absolute atomic E-state index is 0.0459. The van der Waals surface area contributed by atoms with Crippen molar-refractivity contribution in [3.05, 3.63) is 0 Å². The van der Waals surface area contributed by atoms with Crippen LogP contribution in [0.1, 0.15) is 19.8 Å². The van der Waals surface area contributed by atoms with Crippen LogP contribution < -0.4 is 0 Å². The Kier molecular flexibility index (Phi) is 4.10. The molecular weight excluding hydrogens is 194 g/mol. The summed E-state index contributed by atoms with van der Waals surface area (Å²) < 4.78 is 0. The number of nitrogens with zero attached hydrogens (tertiary/aromatic N) is 3. The lowest BCUT2D eigenvalue weighted by molar-refractivity contribution is -0.131. The zero-order valence-electron chi connectivity index (χ0n) is 8.90. The molecule has 0 aliphatic carbocycles. The summed E-state index contributed by atoms with van der Waals surface area (Å²) in [4.78, 5) is 25.9. The predicted molar refractivity (Wildman–Crippen MR) is 53.7 cm³/mol. The molecular formula is C10H15N3O2. The van der Waals surface area contributed by atoms with E-state index in [1.165, 1.54) is 6.92 Å². The molecule has 0 saturated carbocycles. The number of carbonyl (C=O) groups excluding carboxylic acids is 2. The first-order valence-corrected chi connectivity index (χ1v) is 5.05. The molecule has 5 heteroatoms. The van der Waals surface area contributed by atoms with Crippen molar-refractivity contribution in [3.8, 4) is 6.07 Å². The van der Waals surface area contributed by atoms with Crippen molar-refractivity contribution in [2.24, 2.45) is 0 Å². The second kappa shape index (κ2) is 5.35. The Morgan fingerprint density at radius 2 is 1.80 bits per heavy atom. The Labute approximate surface area is 89.3 Å². The fourth-order valence-corrected chi connectivity index (χ4v) is 1.66. The van der Waals surface area contributed by atoms with Gasteiger partial charge in [0.2, 0.25) is 11.8 Å². The molecule has 1 heterocycles. The van der Waals surface area contributed by atoms with E-state index in [0.29, 0.717) is 26.2 Å². The number of hydrogen-bond acceptors (Lipinski definition) is 3. The fourth-order valence-electron chi connectivity index (χ4n) is 1.66. The normalized spacial score (nSPS) is 16.8. The Hall–Kier alpha value is -1.57. The van der Waals surface area contributed by atoms with Gasteiger partial charge in [-0.1, -0.05) is 0 Å². The van der Waals surface area contributed by atoms with Crippen molar-refractivity contribution < 1.29 is 9.59 Å². The van der Waals surface area contributed by atoms with Crippen LogP contribution in [0.25, 0.3) is 0 Å². The first-order chi connectivity index (χ1) is 7.15. The van der Waals surface area contributed by atoms with Crippen LogP contribution in [0.5, 0.6) is 0 Å². The van der Waals surface area contributed by atoms with Crippen LogP contribution >= 0.6 is 0 Å². The molecule has 1 saturated heterocycles. The molecule has 0 unspecified atom stereocenters. The minimum Gasteiger partial charge on any atom is -0.341 e. The van der Waals surface area contributed by atoms with Crippen LogP contribution in [0.2, 0.25) is 0 Å². The summed E-state index contributed by atoms with van der Waals surface area (Å²) in [6, 6.07) is 1.85. The summed E-state index contributed by atoms with van der Waals surface area (Å²) in [5, 5.41) is 8.42. The fraction of sp³-hybridized carbons (Fsp3) is 0.700. The quantitative estimate of drug-likeness (QED) is 0.609. The van der Waals surface area contributed by atoms with Gasteiger partial charge >= 0.3 is 0 Å². The van der Waals surface area contributed by atoms with E-state index in [9.17, 15) is 9.59 Å². The Morgan fingerprint density at radius 1 is 1.20 bits per heavy atom. The summed E-state index contributed by atoms with van der Waals surface area (Å²) in [5.74, 6) is -0.0903. The molecule has 0 atom stereocenters. The molecule has 0 aromatic heterocycles. The molecule has 1 aliphatic rings. The zero-order chi connectivity index (χ0) is 11.3. The topological polar surface area (TPSA) is 64.4 Å². The lowest BCUT2D eigenvalue weighted by Crippen LogP contribution is -2.36. The van der Waals surface area contributed by atoms with Gasteiger partial charge in [0.25, 0.3) is 0 Å². The van der Waals surface area contributed by atoms with Gasteiger partial charge in [0.1, 0.15) is 6.42 Å². The highest BCUT2D eigenvalue weighted by Crippen LogP contribution is 2.04. The Morgan fingerprint density at radius 3 is 2.40 bits per heavy atom. The molecule has 1 rings (SSSR count). The maximum absolute atomic E-state index is 11.4. The summed E-state index contributed by atoms with van der Waals surface area (Å²) in [6.45, 7) is 4.00. The van der Waals surface area contributed by atoms with Crippen LogP contribution in [-0.2, 0) is 9.59 Å². The minimum atomic E-state index is -0.136. The van der Waals surface area contributed by atoms with Gasteiger partial charge in [0, 0.05) is 33.1 Å². The third kappa shape index (κ3) is 3.24. The highest BCUT2D eigenvalue weighted by molar-refractivity contribution is 5.78. The maximum atomic E-state index is 11.4. The number of rotatable bonds is 1. The van der Waals surface area contributed by atoms with Crippen molar-refractivity contribution >= 4 is 11.8 Å². The summed E-state index contributed by atoms with van der Waals surface area (Å²) >= 11 is 0. The Balaban J connectivity index is 2.49. The van der Waals surface area contributed by atoms with Gasteiger partial charge in [-0.05, 0) is 6.42 Å². The molecule has 2 amide bonds. The molecule has 5 nitrogen and oxygen atoms in total. The lowest BCUT2D eigenvalue weighted by atomic mass is 10.3. The average Bonchev–Trinajstić information content (AvgIpc) is 2.43. The van der Waals surface area contributed by atoms with Gasteiger partial charge in [0.05, 0.1) is 6.07 Å². The molecule has 82 valence electrons. The molecule has 1 fully saturated rings. The van der Waals surface area contributed by atoms with E-state index < -0.39 is 0 Å². The van der Waals surface area contributed by atoms with Crippen LogP contribution in [0.4, 0.5) is 0 Å². The molecule has 0 bridgehead atoms. The summed E-state index contributed by atoms with van der Waals surface area (Å²) in [6.07, 6.45) is 0.719. The first-order valence-electron chi connectivity index (χ1n) is 5.05. The van der Waals surface area contributed by atoms with Crippen LogP contribution in [0.3, 0.4) is 0 Å². The van der Waals surface area contributed by atoms with Gasteiger partial charge in [0.15, 0.2) is 0 Å². The van der Waals surface area contributed by atoms with Crippen molar-refractivity contribution in [1.29, 1.82) is 5.26 Å². The van der Waals surface area contributed by atoms with E-state index >= 15 is 0 Å². The van der Waals surface area contributed by atoms with Crippen molar-refractivity contribution in [2.75, 3.05) is 26.2 Å². The maximum Gasteiger partial charge on any atom is 0.236 e. The number of nitriles is 1. The molecule has 0 aromatic rings. The smallest absolute Gasteiger partial charge is 0.236 e. The van der Waals surface area contributed by atoms with E-state index in [1.807, 2.05) is 6.07 Å². The highest BCUT2D eigenvalue weighted by Gasteiger charge is 2.19. The van der Waals surface area contributed by atoms with E-state index in [0.717, 1.165) is 6.42 Å². The van der Waals surface area contributed by atoms with Gasteiger partial charge in [-0.25, -0.2) is 0 Å². The van der Waals surface area contributed by atoms with E-state index in [1.54, 1.807) is 9.80 Å². The molecule has 0 spiro atoms. The van der Waals surface area contributed by atoms with Crippen LogP contribution in [-0.4, -0.2) is 47.8 Å². The van der Waals surface area contributed by atoms with Crippen molar-refractivity contribution in [3.63, 3.8) is 0 Å². The second-order valence-electron chi connectivity index (χ2n) is 3.58. The van der Waals surface area contributed by atoms with Gasteiger partial charge < -0.3 is 9.80 Å². The van der Waals surface area contributed by atoms with Crippen LogP contribution in [0.15, 0.2) is 0 Å². The predicted octanol–water partition coefficient (Wildman–Crippen LogP) is -0.0191. The largest absolute Gasteiger partial charge is 0.341 e. The second-order valence-corrected chi connectivity index (χ2v) is 3.58. The molecule has 0 radical (unpaired) electrons. The number of hydrogen-bond donors (Lipinski definition) is 0. The lowest BCUT2D eigenvalue weighted by Gasteiger charge is -2.20. The molecule has 0 aromatic carbocycles. The highest BCUT2D eigenvalue weighted by atomic mass is 16.2.